The van der Waals surface area contributed by atoms with Gasteiger partial charge in [0.05, 0.1) is 10.6 Å². The minimum Gasteiger partial charge on any atom is -0.506 e. The molecule has 1 aliphatic heterocycles. The molecule has 9 heteroatoms. The van der Waals surface area contributed by atoms with E-state index in [1.165, 1.54) is 46.2 Å². The van der Waals surface area contributed by atoms with Gasteiger partial charge in [0.15, 0.2) is 0 Å². The minimum absolute atomic E-state index is 0.0463. The van der Waals surface area contributed by atoms with Crippen molar-refractivity contribution in [1.29, 1.82) is 0 Å². The van der Waals surface area contributed by atoms with Crippen LogP contribution < -0.4 is 5.32 Å². The zero-order valence-corrected chi connectivity index (χ0v) is 16.5. The molecular formula is C17H13ClN2O3S3. The van der Waals surface area contributed by atoms with E-state index in [0.717, 1.165) is 4.88 Å². The second-order valence-corrected chi connectivity index (χ2v) is 8.40. The summed E-state index contributed by atoms with van der Waals surface area (Å²) in [6.45, 7) is 0.166. The topological polar surface area (TPSA) is 69.6 Å². The zero-order valence-electron chi connectivity index (χ0n) is 13.3. The molecule has 3 rings (SSSR count). The van der Waals surface area contributed by atoms with Gasteiger partial charge in [-0.3, -0.25) is 14.5 Å². The monoisotopic (exact) mass is 424 g/mol. The molecule has 1 aliphatic rings. The minimum atomic E-state index is -0.348. The second kappa shape index (κ2) is 8.22. The van der Waals surface area contributed by atoms with E-state index >= 15 is 0 Å². The normalized spacial score (nSPS) is 15.7. The number of nitrogens with one attached hydrogen (secondary N) is 1. The molecular weight excluding hydrogens is 412 g/mol. The Balaban J connectivity index is 1.60. The fraction of sp³-hybridized carbons (Fsp3) is 0.118. The third-order valence-corrected chi connectivity index (χ3v) is 5.92. The van der Waals surface area contributed by atoms with Crippen LogP contribution in [0.1, 0.15) is 11.3 Å². The Kier molecular flexibility index (Phi) is 5.98. The summed E-state index contributed by atoms with van der Waals surface area (Å²) in [6.07, 6.45) is 1.85. The Labute approximate surface area is 168 Å². The molecule has 0 spiro atoms. The molecule has 0 bridgehead atoms. The number of thiocarbonyl (C=S) groups is 1. The van der Waals surface area contributed by atoms with E-state index in [1.807, 2.05) is 17.5 Å². The summed E-state index contributed by atoms with van der Waals surface area (Å²) in [5.41, 5.74) is 0.227. The lowest BCUT2D eigenvalue weighted by Crippen LogP contribution is -2.31. The first-order chi connectivity index (χ1) is 12.4. The lowest BCUT2D eigenvalue weighted by atomic mass is 10.2. The fourth-order valence-electron chi connectivity index (χ4n) is 2.23. The number of hydrogen-bond donors (Lipinski definition) is 2. The number of carbonyl (C=O) groups is 2. The molecule has 2 heterocycles. The summed E-state index contributed by atoms with van der Waals surface area (Å²) < 4.78 is 0.427. The number of phenolic OH excluding ortho intramolecular Hbond substituents is 1. The molecule has 2 aromatic rings. The van der Waals surface area contributed by atoms with Crippen LogP contribution >= 0.6 is 46.9 Å². The Hall–Kier alpha value is -1.87. The number of phenols is 1. The van der Waals surface area contributed by atoms with E-state index in [9.17, 15) is 14.7 Å². The van der Waals surface area contributed by atoms with E-state index in [0.29, 0.717) is 14.2 Å². The summed E-state index contributed by atoms with van der Waals surface area (Å²) in [4.78, 5) is 27.5. The van der Waals surface area contributed by atoms with Crippen molar-refractivity contribution >= 4 is 74.8 Å². The number of thioether (sulfide) groups is 1. The van der Waals surface area contributed by atoms with Gasteiger partial charge in [-0.25, -0.2) is 0 Å². The quantitative estimate of drug-likeness (QED) is 0.424. The van der Waals surface area contributed by atoms with E-state index in [4.69, 9.17) is 23.8 Å². The first-order valence-electron chi connectivity index (χ1n) is 7.51. The highest BCUT2D eigenvalue weighted by molar-refractivity contribution is 8.26. The van der Waals surface area contributed by atoms with Gasteiger partial charge >= 0.3 is 0 Å². The summed E-state index contributed by atoms with van der Waals surface area (Å²) in [5.74, 6) is -0.627. The van der Waals surface area contributed by atoms with Crippen LogP contribution in [0.2, 0.25) is 5.02 Å². The lowest BCUT2D eigenvalue weighted by molar-refractivity contribution is -0.122. The Morgan fingerprint density at radius 2 is 2.19 bits per heavy atom. The summed E-state index contributed by atoms with van der Waals surface area (Å²) in [5, 5.41) is 14.6. The van der Waals surface area contributed by atoms with Crippen LogP contribution in [0, 0.1) is 0 Å². The first kappa shape index (κ1) is 18.9. The molecule has 0 aliphatic carbocycles. The van der Waals surface area contributed by atoms with E-state index in [2.05, 4.69) is 5.32 Å². The van der Waals surface area contributed by atoms with Crippen molar-refractivity contribution < 1.29 is 14.7 Å². The summed E-state index contributed by atoms with van der Waals surface area (Å²) in [6, 6.07) is 8.20. The lowest BCUT2D eigenvalue weighted by Gasteiger charge is -2.14. The fourth-order valence-corrected chi connectivity index (χ4v) is 4.43. The number of hydrogen-bond acceptors (Lipinski definition) is 6. The highest BCUT2D eigenvalue weighted by atomic mass is 35.5. The maximum absolute atomic E-state index is 12.5. The highest BCUT2D eigenvalue weighted by Gasteiger charge is 2.32. The number of halogens is 1. The zero-order chi connectivity index (χ0) is 18.7. The summed E-state index contributed by atoms with van der Waals surface area (Å²) >= 11 is 13.9. The standard InChI is InChI=1S/C17H13ClN2O3S3/c18-10-3-4-13(21)12(8-10)19-15(22)5-6-20-16(23)14(26-17(20)24)9-11-2-1-7-25-11/h1-4,7-9,21H,5-6H2,(H,19,22). The Bertz CT molecular complexity index is 897. The molecule has 0 atom stereocenters. The molecule has 0 unspecified atom stereocenters. The SMILES string of the molecule is O=C(CCN1C(=O)C(=Cc2cccs2)SC1=S)Nc1cc(Cl)ccc1O. The van der Waals surface area contributed by atoms with E-state index in [1.54, 1.807) is 6.08 Å². The van der Waals surface area contributed by atoms with Crippen molar-refractivity contribution in [3.8, 4) is 5.75 Å². The van der Waals surface area contributed by atoms with Gasteiger partial charge in [0.25, 0.3) is 5.91 Å². The maximum Gasteiger partial charge on any atom is 0.266 e. The third-order valence-electron chi connectivity index (χ3n) is 3.49. The van der Waals surface area contributed by atoms with Crippen LogP contribution in [0.4, 0.5) is 5.69 Å². The molecule has 1 fully saturated rings. The van der Waals surface area contributed by atoms with Gasteiger partial charge in [0, 0.05) is 22.9 Å². The summed E-state index contributed by atoms with van der Waals surface area (Å²) in [7, 11) is 0. The largest absolute Gasteiger partial charge is 0.506 e. The average molecular weight is 425 g/mol. The molecule has 2 N–H and O–H groups in total. The number of nitrogens with zero attached hydrogens (tertiary/aromatic N) is 1. The van der Waals surface area contributed by atoms with Gasteiger partial charge in [0.1, 0.15) is 10.1 Å². The number of carbonyl (C=O) groups excluding carboxylic acids is 2. The van der Waals surface area contributed by atoms with Crippen LogP contribution in [0.5, 0.6) is 5.75 Å². The molecule has 0 saturated carbocycles. The molecule has 2 amide bonds. The van der Waals surface area contributed by atoms with Crippen LogP contribution in [0.15, 0.2) is 40.6 Å². The van der Waals surface area contributed by atoms with E-state index in [-0.39, 0.29) is 36.2 Å². The van der Waals surface area contributed by atoms with Gasteiger partial charge in [-0.2, -0.15) is 0 Å². The van der Waals surface area contributed by atoms with Crippen molar-refractivity contribution in [2.24, 2.45) is 0 Å². The molecule has 134 valence electrons. The van der Waals surface area contributed by atoms with Gasteiger partial charge in [-0.1, -0.05) is 41.6 Å². The highest BCUT2D eigenvalue weighted by Crippen LogP contribution is 2.33. The van der Waals surface area contributed by atoms with Crippen LogP contribution in [0.3, 0.4) is 0 Å². The van der Waals surface area contributed by atoms with Crippen LogP contribution in [0.25, 0.3) is 6.08 Å². The number of rotatable bonds is 5. The molecule has 0 radical (unpaired) electrons. The van der Waals surface area contributed by atoms with E-state index < -0.39 is 0 Å². The molecule has 1 aromatic carbocycles. The van der Waals surface area contributed by atoms with Crippen molar-refractivity contribution in [2.75, 3.05) is 11.9 Å². The van der Waals surface area contributed by atoms with Gasteiger partial charge < -0.3 is 10.4 Å². The van der Waals surface area contributed by atoms with Crippen molar-refractivity contribution in [1.82, 2.24) is 4.90 Å². The second-order valence-electron chi connectivity index (χ2n) is 5.31. The predicted molar refractivity (Wildman–Crippen MR) is 111 cm³/mol. The average Bonchev–Trinajstić information content (AvgIpc) is 3.19. The predicted octanol–water partition coefficient (Wildman–Crippen LogP) is 4.34. The van der Waals surface area contributed by atoms with Crippen LogP contribution in [-0.2, 0) is 9.59 Å². The van der Waals surface area contributed by atoms with Crippen molar-refractivity contribution in [3.05, 3.63) is 50.5 Å². The molecule has 1 aromatic heterocycles. The molecule has 5 nitrogen and oxygen atoms in total. The third kappa shape index (κ3) is 4.45. The smallest absolute Gasteiger partial charge is 0.266 e. The van der Waals surface area contributed by atoms with Crippen molar-refractivity contribution in [2.45, 2.75) is 6.42 Å². The van der Waals surface area contributed by atoms with Crippen molar-refractivity contribution in [3.63, 3.8) is 0 Å². The first-order valence-corrected chi connectivity index (χ1v) is 9.99. The Morgan fingerprint density at radius 3 is 2.92 bits per heavy atom. The van der Waals surface area contributed by atoms with Gasteiger partial charge in [-0.05, 0) is 35.7 Å². The maximum atomic E-state index is 12.5. The number of amides is 2. The Morgan fingerprint density at radius 1 is 1.38 bits per heavy atom. The van der Waals surface area contributed by atoms with Gasteiger partial charge in [-0.15, -0.1) is 11.3 Å². The van der Waals surface area contributed by atoms with Crippen LogP contribution in [-0.4, -0.2) is 32.7 Å². The number of anilines is 1. The molecule has 26 heavy (non-hydrogen) atoms. The molecule has 1 saturated heterocycles. The van der Waals surface area contributed by atoms with Gasteiger partial charge in [0.2, 0.25) is 5.91 Å². The number of thiophene rings is 1. The number of aromatic hydroxyl groups is 1. The number of benzene rings is 1.